The van der Waals surface area contributed by atoms with E-state index in [1.165, 1.54) is 25.0 Å². The summed E-state index contributed by atoms with van der Waals surface area (Å²) >= 11 is 0. The summed E-state index contributed by atoms with van der Waals surface area (Å²) in [4.78, 5) is 0. The predicted octanol–water partition coefficient (Wildman–Crippen LogP) is 4.16. The number of rotatable bonds is 6. The lowest BCUT2D eigenvalue weighted by atomic mass is 9.79. The summed E-state index contributed by atoms with van der Waals surface area (Å²) in [6, 6.07) is 3.40. The molecule has 3 unspecified atom stereocenters. The molecule has 1 saturated carbocycles. The van der Waals surface area contributed by atoms with Crippen LogP contribution in [0.3, 0.4) is 0 Å². The molecule has 0 bridgehead atoms. The second kappa shape index (κ2) is 7.26. The van der Waals surface area contributed by atoms with E-state index >= 15 is 0 Å². The zero-order valence-corrected chi connectivity index (χ0v) is 13.6. The van der Waals surface area contributed by atoms with Gasteiger partial charge in [0, 0.05) is 18.8 Å². The zero-order valence-electron chi connectivity index (χ0n) is 13.6. The van der Waals surface area contributed by atoms with Gasteiger partial charge in [-0.3, -0.25) is 4.68 Å². The smallest absolute Gasteiger partial charge is 0.0762 e. The van der Waals surface area contributed by atoms with Gasteiger partial charge < -0.3 is 5.32 Å². The van der Waals surface area contributed by atoms with Crippen molar-refractivity contribution in [3.63, 3.8) is 0 Å². The van der Waals surface area contributed by atoms with Crippen LogP contribution in [0.2, 0.25) is 0 Å². The van der Waals surface area contributed by atoms with Crippen molar-refractivity contribution >= 4 is 0 Å². The van der Waals surface area contributed by atoms with Gasteiger partial charge in [0.15, 0.2) is 0 Å². The van der Waals surface area contributed by atoms with E-state index in [9.17, 15) is 0 Å². The van der Waals surface area contributed by atoms with Crippen molar-refractivity contribution in [3.05, 3.63) is 18.0 Å². The lowest BCUT2D eigenvalue weighted by molar-refractivity contribution is 0.225. The Morgan fingerprint density at radius 2 is 2.00 bits per heavy atom. The van der Waals surface area contributed by atoms with Crippen molar-refractivity contribution in [3.8, 4) is 0 Å². The molecule has 20 heavy (non-hydrogen) atoms. The number of nitrogens with zero attached hydrogens (tertiary/aromatic N) is 2. The number of aromatic nitrogens is 2. The van der Waals surface area contributed by atoms with Crippen molar-refractivity contribution in [2.75, 3.05) is 0 Å². The zero-order chi connectivity index (χ0) is 14.5. The topological polar surface area (TPSA) is 29.9 Å². The van der Waals surface area contributed by atoms with Gasteiger partial charge >= 0.3 is 0 Å². The maximum atomic E-state index is 4.72. The van der Waals surface area contributed by atoms with E-state index < -0.39 is 0 Å². The molecule has 0 aliphatic heterocycles. The Balaban J connectivity index is 1.82. The number of hydrogen-bond donors (Lipinski definition) is 1. The normalized spacial score (nSPS) is 27.1. The molecule has 0 spiro atoms. The molecule has 3 heteroatoms. The first-order valence-corrected chi connectivity index (χ1v) is 8.41. The second-order valence-electron chi connectivity index (χ2n) is 6.60. The molecule has 0 saturated heterocycles. The molecule has 2 rings (SSSR count). The molecule has 0 aromatic carbocycles. The number of hydrogen-bond acceptors (Lipinski definition) is 2. The summed E-state index contributed by atoms with van der Waals surface area (Å²) in [6.45, 7) is 10.2. The molecule has 1 fully saturated rings. The first-order valence-electron chi connectivity index (χ1n) is 8.41. The van der Waals surface area contributed by atoms with E-state index in [0.717, 1.165) is 31.2 Å². The van der Waals surface area contributed by atoms with Crippen LogP contribution in [0, 0.1) is 11.8 Å². The summed E-state index contributed by atoms with van der Waals surface area (Å²) in [5.74, 6) is 1.74. The van der Waals surface area contributed by atoms with Crippen molar-refractivity contribution in [2.45, 2.75) is 78.4 Å². The Kier molecular flexibility index (Phi) is 5.64. The van der Waals surface area contributed by atoms with Crippen LogP contribution in [-0.4, -0.2) is 15.8 Å². The fourth-order valence-electron chi connectivity index (χ4n) is 3.32. The Hall–Kier alpha value is -0.830. The van der Waals surface area contributed by atoms with E-state index in [1.807, 2.05) is 0 Å². The van der Waals surface area contributed by atoms with E-state index in [4.69, 9.17) is 5.10 Å². The fraction of sp³-hybridized carbons (Fsp3) is 0.824. The molecule has 1 aliphatic carbocycles. The van der Waals surface area contributed by atoms with E-state index in [-0.39, 0.29) is 0 Å². The third-order valence-corrected chi connectivity index (χ3v) is 5.15. The molecule has 0 amide bonds. The monoisotopic (exact) mass is 277 g/mol. The Morgan fingerprint density at radius 1 is 1.25 bits per heavy atom. The summed E-state index contributed by atoms with van der Waals surface area (Å²) < 4.78 is 2.14. The molecule has 0 radical (unpaired) electrons. The summed E-state index contributed by atoms with van der Waals surface area (Å²) in [6.07, 6.45) is 8.45. The van der Waals surface area contributed by atoms with Crippen LogP contribution in [-0.2, 0) is 6.54 Å². The van der Waals surface area contributed by atoms with Crippen LogP contribution in [0.1, 0.15) is 71.5 Å². The fourth-order valence-corrected chi connectivity index (χ4v) is 3.32. The predicted molar refractivity (Wildman–Crippen MR) is 84.7 cm³/mol. The SMILES string of the molecule is CCC(CC)n1ccc(CNC2CCC(C)C(C)C2)n1. The minimum Gasteiger partial charge on any atom is -0.308 e. The highest BCUT2D eigenvalue weighted by atomic mass is 15.3. The highest BCUT2D eigenvalue weighted by molar-refractivity contribution is 5.00. The lowest BCUT2D eigenvalue weighted by Gasteiger charge is -2.32. The summed E-state index contributed by atoms with van der Waals surface area (Å²) in [7, 11) is 0. The van der Waals surface area contributed by atoms with Gasteiger partial charge in [-0.15, -0.1) is 0 Å². The molecule has 114 valence electrons. The van der Waals surface area contributed by atoms with Crippen LogP contribution >= 0.6 is 0 Å². The minimum atomic E-state index is 0.555. The van der Waals surface area contributed by atoms with Crippen molar-refractivity contribution < 1.29 is 0 Å². The first kappa shape index (κ1) is 15.6. The number of nitrogens with one attached hydrogen (secondary N) is 1. The maximum absolute atomic E-state index is 4.72. The quantitative estimate of drug-likeness (QED) is 0.846. The highest BCUT2D eigenvalue weighted by Gasteiger charge is 2.24. The minimum absolute atomic E-state index is 0.555. The molecule has 1 aromatic heterocycles. The molecular weight excluding hydrogens is 246 g/mol. The van der Waals surface area contributed by atoms with Gasteiger partial charge in [0.05, 0.1) is 11.7 Å². The summed E-state index contributed by atoms with van der Waals surface area (Å²) in [5.41, 5.74) is 1.18. The highest BCUT2D eigenvalue weighted by Crippen LogP contribution is 2.29. The standard InChI is InChI=1S/C17H31N3/c1-5-17(6-2)20-10-9-16(19-20)12-18-15-8-7-13(3)14(4)11-15/h9-10,13-15,17-18H,5-8,11-12H2,1-4H3. The molecular formula is C17H31N3. The van der Waals surface area contributed by atoms with Crippen molar-refractivity contribution in [1.29, 1.82) is 0 Å². The van der Waals surface area contributed by atoms with Crippen LogP contribution in [0.4, 0.5) is 0 Å². The van der Waals surface area contributed by atoms with Crippen LogP contribution in [0.15, 0.2) is 12.3 Å². The first-order chi connectivity index (χ1) is 9.63. The lowest BCUT2D eigenvalue weighted by Crippen LogP contribution is -2.35. The van der Waals surface area contributed by atoms with Gasteiger partial charge in [-0.05, 0) is 50.0 Å². The van der Waals surface area contributed by atoms with Crippen molar-refractivity contribution in [2.24, 2.45) is 11.8 Å². The third kappa shape index (κ3) is 3.85. The molecule has 1 heterocycles. The largest absolute Gasteiger partial charge is 0.308 e. The van der Waals surface area contributed by atoms with E-state index in [2.05, 4.69) is 50.0 Å². The third-order valence-electron chi connectivity index (χ3n) is 5.15. The molecule has 1 N–H and O–H groups in total. The second-order valence-corrected chi connectivity index (χ2v) is 6.60. The van der Waals surface area contributed by atoms with Gasteiger partial charge in [-0.25, -0.2) is 0 Å². The van der Waals surface area contributed by atoms with E-state index in [1.54, 1.807) is 0 Å². The van der Waals surface area contributed by atoms with Gasteiger partial charge in [0.1, 0.15) is 0 Å². The van der Waals surface area contributed by atoms with Crippen LogP contribution in [0.25, 0.3) is 0 Å². The Morgan fingerprint density at radius 3 is 2.65 bits per heavy atom. The molecule has 1 aromatic rings. The van der Waals surface area contributed by atoms with Crippen LogP contribution in [0.5, 0.6) is 0 Å². The molecule has 3 nitrogen and oxygen atoms in total. The average Bonchev–Trinajstić information content (AvgIpc) is 2.90. The van der Waals surface area contributed by atoms with Gasteiger partial charge in [0.25, 0.3) is 0 Å². The van der Waals surface area contributed by atoms with Gasteiger partial charge in [-0.2, -0.15) is 5.10 Å². The van der Waals surface area contributed by atoms with Crippen LogP contribution < -0.4 is 5.32 Å². The van der Waals surface area contributed by atoms with Gasteiger partial charge in [0.2, 0.25) is 0 Å². The van der Waals surface area contributed by atoms with Crippen molar-refractivity contribution in [1.82, 2.24) is 15.1 Å². The molecule has 1 aliphatic rings. The van der Waals surface area contributed by atoms with E-state index in [0.29, 0.717) is 12.1 Å². The molecule has 3 atom stereocenters. The average molecular weight is 277 g/mol. The Labute approximate surface area is 124 Å². The van der Waals surface area contributed by atoms with Gasteiger partial charge in [-0.1, -0.05) is 27.7 Å². The Bertz CT molecular complexity index is 395. The summed E-state index contributed by atoms with van der Waals surface area (Å²) in [5, 5.41) is 8.43. The maximum Gasteiger partial charge on any atom is 0.0762 e.